The van der Waals surface area contributed by atoms with E-state index in [1.54, 1.807) is 47.4 Å². The van der Waals surface area contributed by atoms with Crippen molar-refractivity contribution in [2.75, 3.05) is 22.1 Å². The first-order valence-corrected chi connectivity index (χ1v) is 9.41. The van der Waals surface area contributed by atoms with E-state index in [1.165, 1.54) is 0 Å². The summed E-state index contributed by atoms with van der Waals surface area (Å²) in [6.45, 7) is 0.413. The van der Waals surface area contributed by atoms with E-state index in [0.717, 1.165) is 5.56 Å². The minimum Gasteiger partial charge on any atom is -0.482 e. The number of hydrogen-bond acceptors (Lipinski definition) is 3. The first-order valence-electron chi connectivity index (χ1n) is 9.03. The Morgan fingerprint density at radius 1 is 0.966 bits per heavy atom. The number of nitrogens with zero attached hydrogens (tertiary/aromatic N) is 1. The number of urea groups is 1. The summed E-state index contributed by atoms with van der Waals surface area (Å²) in [6.07, 6.45) is 0. The molecule has 3 aromatic carbocycles. The lowest BCUT2D eigenvalue weighted by molar-refractivity contribution is -0.121. The maximum atomic E-state index is 12.5. The number of amides is 3. The molecule has 0 unspecified atom stereocenters. The Balaban J connectivity index is 1.53. The zero-order chi connectivity index (χ0) is 20.2. The number of hydrogen-bond donors (Lipinski definition) is 2. The van der Waals surface area contributed by atoms with Crippen molar-refractivity contribution in [2.45, 2.75) is 6.54 Å². The van der Waals surface area contributed by atoms with Gasteiger partial charge in [-0.15, -0.1) is 0 Å². The number of carbonyl (C=O) groups is 2. The molecule has 0 aliphatic carbocycles. The summed E-state index contributed by atoms with van der Waals surface area (Å²) in [5.41, 5.74) is 2.74. The smallest absolute Gasteiger partial charge is 0.323 e. The molecule has 0 radical (unpaired) electrons. The predicted octanol–water partition coefficient (Wildman–Crippen LogP) is 4.91. The third kappa shape index (κ3) is 4.50. The number of anilines is 3. The van der Waals surface area contributed by atoms with Gasteiger partial charge in [0.25, 0.3) is 5.91 Å². The van der Waals surface area contributed by atoms with Gasteiger partial charge in [0.05, 0.1) is 12.2 Å². The fourth-order valence-electron chi connectivity index (χ4n) is 3.08. The van der Waals surface area contributed by atoms with E-state index >= 15 is 0 Å². The highest BCUT2D eigenvalue weighted by Gasteiger charge is 2.26. The second kappa shape index (κ2) is 8.24. The predicted molar refractivity (Wildman–Crippen MR) is 114 cm³/mol. The second-order valence-electron chi connectivity index (χ2n) is 6.53. The van der Waals surface area contributed by atoms with Crippen molar-refractivity contribution in [3.05, 3.63) is 83.4 Å². The van der Waals surface area contributed by atoms with E-state index in [1.807, 2.05) is 30.3 Å². The highest BCUT2D eigenvalue weighted by molar-refractivity contribution is 6.30. The second-order valence-corrected chi connectivity index (χ2v) is 6.96. The van der Waals surface area contributed by atoms with Crippen LogP contribution in [-0.2, 0) is 11.3 Å². The number of nitrogens with one attached hydrogen (secondary N) is 2. The molecule has 0 saturated carbocycles. The van der Waals surface area contributed by atoms with Crippen molar-refractivity contribution in [1.82, 2.24) is 0 Å². The van der Waals surface area contributed by atoms with Gasteiger partial charge >= 0.3 is 6.03 Å². The average molecular weight is 408 g/mol. The molecule has 7 heteroatoms. The van der Waals surface area contributed by atoms with Gasteiger partial charge in [0, 0.05) is 16.4 Å². The Hall–Kier alpha value is -3.51. The molecule has 3 amide bonds. The summed E-state index contributed by atoms with van der Waals surface area (Å²) >= 11 is 5.94. The highest BCUT2D eigenvalue weighted by atomic mass is 35.5. The third-order valence-electron chi connectivity index (χ3n) is 4.43. The van der Waals surface area contributed by atoms with E-state index < -0.39 is 6.03 Å². The Morgan fingerprint density at radius 2 is 1.72 bits per heavy atom. The van der Waals surface area contributed by atoms with Crippen LogP contribution in [0.5, 0.6) is 5.75 Å². The first kappa shape index (κ1) is 18.8. The van der Waals surface area contributed by atoms with Gasteiger partial charge in [0.15, 0.2) is 6.61 Å². The molecule has 0 atom stereocenters. The molecule has 0 aromatic heterocycles. The van der Waals surface area contributed by atoms with Gasteiger partial charge in [-0.25, -0.2) is 4.79 Å². The van der Waals surface area contributed by atoms with Gasteiger partial charge in [-0.05, 0) is 42.0 Å². The Labute approximate surface area is 173 Å². The monoisotopic (exact) mass is 407 g/mol. The third-order valence-corrected chi connectivity index (χ3v) is 4.66. The number of fused-ring (bicyclic) bond motifs is 1. The topological polar surface area (TPSA) is 70.7 Å². The summed E-state index contributed by atoms with van der Waals surface area (Å²) in [7, 11) is 0. The molecular formula is C22H18ClN3O3. The minimum absolute atomic E-state index is 0.0120. The number of carbonyl (C=O) groups excluding carboxylic acids is 2. The lowest BCUT2D eigenvalue weighted by atomic mass is 10.1. The van der Waals surface area contributed by atoms with Crippen LogP contribution < -0.4 is 20.3 Å². The molecule has 1 aliphatic heterocycles. The van der Waals surface area contributed by atoms with Crippen LogP contribution in [0.15, 0.2) is 72.8 Å². The van der Waals surface area contributed by atoms with Crippen molar-refractivity contribution < 1.29 is 14.3 Å². The van der Waals surface area contributed by atoms with Crippen LogP contribution in [0.25, 0.3) is 0 Å². The summed E-state index contributed by atoms with van der Waals surface area (Å²) < 4.78 is 5.54. The zero-order valence-corrected chi connectivity index (χ0v) is 16.1. The number of benzene rings is 3. The van der Waals surface area contributed by atoms with Crippen LogP contribution >= 0.6 is 11.6 Å². The molecule has 4 rings (SSSR count). The molecule has 6 nitrogen and oxygen atoms in total. The lowest BCUT2D eigenvalue weighted by Crippen LogP contribution is -2.38. The molecule has 146 valence electrons. The van der Waals surface area contributed by atoms with Crippen LogP contribution in [0.2, 0.25) is 5.02 Å². The highest BCUT2D eigenvalue weighted by Crippen LogP contribution is 2.35. The van der Waals surface area contributed by atoms with Crippen molar-refractivity contribution in [1.29, 1.82) is 0 Å². The van der Waals surface area contributed by atoms with E-state index in [4.69, 9.17) is 16.3 Å². The first-order chi connectivity index (χ1) is 14.1. The standard InChI is InChI=1S/C22H18ClN3O3/c23-16-7-4-8-17(11-16)24-22(28)25-18-9-10-20-19(12-18)26(21(27)14-29-20)13-15-5-2-1-3-6-15/h1-12H,13-14H2,(H2,24,25,28). The molecule has 29 heavy (non-hydrogen) atoms. The summed E-state index contributed by atoms with van der Waals surface area (Å²) in [5.74, 6) is 0.461. The van der Waals surface area contributed by atoms with Crippen molar-refractivity contribution in [3.63, 3.8) is 0 Å². The van der Waals surface area contributed by atoms with Gasteiger partial charge in [-0.1, -0.05) is 48.0 Å². The van der Waals surface area contributed by atoms with Gasteiger partial charge in [0.2, 0.25) is 0 Å². The zero-order valence-electron chi connectivity index (χ0n) is 15.4. The van der Waals surface area contributed by atoms with Crippen LogP contribution in [0.3, 0.4) is 0 Å². The van der Waals surface area contributed by atoms with Gasteiger partial charge in [0.1, 0.15) is 5.75 Å². The normalized spacial score (nSPS) is 12.7. The molecular weight excluding hydrogens is 390 g/mol. The largest absolute Gasteiger partial charge is 0.482 e. The fraction of sp³-hybridized carbons (Fsp3) is 0.0909. The molecule has 0 spiro atoms. The van der Waals surface area contributed by atoms with E-state index in [2.05, 4.69) is 10.6 Å². The minimum atomic E-state index is -0.412. The molecule has 2 N–H and O–H groups in total. The van der Waals surface area contributed by atoms with Gasteiger partial charge in [-0.2, -0.15) is 0 Å². The molecule has 1 aliphatic rings. The maximum Gasteiger partial charge on any atom is 0.323 e. The number of ether oxygens (including phenoxy) is 1. The van der Waals surface area contributed by atoms with Gasteiger partial charge in [-0.3, -0.25) is 4.79 Å². The Kier molecular flexibility index (Phi) is 5.35. The van der Waals surface area contributed by atoms with E-state index in [0.29, 0.717) is 34.4 Å². The van der Waals surface area contributed by atoms with Crippen molar-refractivity contribution >= 4 is 40.6 Å². The van der Waals surface area contributed by atoms with Crippen LogP contribution in [0.1, 0.15) is 5.56 Å². The van der Waals surface area contributed by atoms with Crippen molar-refractivity contribution in [2.24, 2.45) is 0 Å². The maximum absolute atomic E-state index is 12.5. The van der Waals surface area contributed by atoms with E-state index in [9.17, 15) is 9.59 Å². The molecule has 0 saturated heterocycles. The molecule has 0 fully saturated rings. The van der Waals surface area contributed by atoms with Crippen molar-refractivity contribution in [3.8, 4) is 5.75 Å². The number of rotatable bonds is 4. The SMILES string of the molecule is O=C(Nc1cccc(Cl)c1)Nc1ccc2c(c1)N(Cc1ccccc1)C(=O)CO2. The quantitative estimate of drug-likeness (QED) is 0.645. The summed E-state index contributed by atoms with van der Waals surface area (Å²) in [6, 6.07) is 21.4. The molecule has 0 bridgehead atoms. The lowest BCUT2D eigenvalue weighted by Gasteiger charge is -2.30. The Morgan fingerprint density at radius 3 is 2.48 bits per heavy atom. The van der Waals surface area contributed by atoms with Gasteiger partial charge < -0.3 is 20.3 Å². The summed E-state index contributed by atoms with van der Waals surface area (Å²) in [5, 5.41) is 6.03. The average Bonchev–Trinajstić information content (AvgIpc) is 2.71. The number of halogens is 1. The van der Waals surface area contributed by atoms with Crippen LogP contribution in [-0.4, -0.2) is 18.5 Å². The molecule has 3 aromatic rings. The van der Waals surface area contributed by atoms with E-state index in [-0.39, 0.29) is 12.5 Å². The molecule has 1 heterocycles. The Bertz CT molecular complexity index is 1060. The van der Waals surface area contributed by atoms with Crippen LogP contribution in [0, 0.1) is 0 Å². The summed E-state index contributed by atoms with van der Waals surface area (Å²) in [4.78, 5) is 26.4. The fourth-order valence-corrected chi connectivity index (χ4v) is 3.27. The van der Waals surface area contributed by atoms with Crippen LogP contribution in [0.4, 0.5) is 21.9 Å².